The molecule has 3 aromatic rings. The second-order valence-electron chi connectivity index (χ2n) is 5.90. The van der Waals surface area contributed by atoms with Crippen molar-refractivity contribution in [2.75, 3.05) is 19.0 Å². The highest BCUT2D eigenvalue weighted by atomic mass is 19.1. The molecule has 0 fully saturated rings. The van der Waals surface area contributed by atoms with Crippen molar-refractivity contribution in [1.82, 2.24) is 20.2 Å². The minimum atomic E-state index is -0.561. The van der Waals surface area contributed by atoms with Gasteiger partial charge in [-0.05, 0) is 47.2 Å². The second-order valence-corrected chi connectivity index (χ2v) is 5.90. The summed E-state index contributed by atoms with van der Waals surface area (Å²) in [6.45, 7) is 0.253. The fourth-order valence-electron chi connectivity index (χ4n) is 2.52. The largest absolute Gasteiger partial charge is 0.493 e. The molecule has 0 bridgehead atoms. The van der Waals surface area contributed by atoms with Crippen LogP contribution in [0.1, 0.15) is 18.4 Å². The van der Waals surface area contributed by atoms with Crippen LogP contribution >= 0.6 is 0 Å². The first kappa shape index (κ1) is 19.8. The van der Waals surface area contributed by atoms with Crippen molar-refractivity contribution in [3.63, 3.8) is 0 Å². The predicted octanol–water partition coefficient (Wildman–Crippen LogP) is 2.48. The van der Waals surface area contributed by atoms with E-state index >= 15 is 0 Å². The van der Waals surface area contributed by atoms with Gasteiger partial charge in [-0.3, -0.25) is 4.79 Å². The lowest BCUT2D eigenvalue weighted by atomic mass is 10.2. The average molecular weight is 396 g/mol. The number of rotatable bonds is 8. The number of carbonyl (C=O) groups excluding carboxylic acids is 1. The van der Waals surface area contributed by atoms with Crippen molar-refractivity contribution in [1.29, 1.82) is 5.26 Å². The van der Waals surface area contributed by atoms with Gasteiger partial charge in [-0.15, -0.1) is 5.10 Å². The van der Waals surface area contributed by atoms with E-state index in [0.29, 0.717) is 29.2 Å². The SMILES string of the molecule is COc1cc(C#N)ccc1OCCCC(=O)Nc1cc(-n2cnnn2)ccc1F. The van der Waals surface area contributed by atoms with Gasteiger partial charge in [0.2, 0.25) is 5.91 Å². The molecule has 1 N–H and O–H groups in total. The number of benzene rings is 2. The topological polar surface area (TPSA) is 115 Å². The van der Waals surface area contributed by atoms with Gasteiger partial charge in [-0.1, -0.05) is 0 Å². The summed E-state index contributed by atoms with van der Waals surface area (Å²) in [5.74, 6) is 0.00369. The Balaban J connectivity index is 1.52. The number of ether oxygens (including phenoxy) is 2. The fourth-order valence-corrected chi connectivity index (χ4v) is 2.52. The number of hydrogen-bond donors (Lipinski definition) is 1. The van der Waals surface area contributed by atoms with Crippen LogP contribution in [0.25, 0.3) is 5.69 Å². The summed E-state index contributed by atoms with van der Waals surface area (Å²) in [5.41, 5.74) is 1.01. The Morgan fingerprint density at radius 2 is 2.14 bits per heavy atom. The van der Waals surface area contributed by atoms with Crippen molar-refractivity contribution < 1.29 is 18.7 Å². The summed E-state index contributed by atoms with van der Waals surface area (Å²) in [6, 6.07) is 11.0. The number of carbonyl (C=O) groups is 1. The van der Waals surface area contributed by atoms with Gasteiger partial charge in [0.05, 0.1) is 36.7 Å². The van der Waals surface area contributed by atoms with Crippen LogP contribution in [0.2, 0.25) is 0 Å². The molecule has 148 valence electrons. The van der Waals surface area contributed by atoms with E-state index in [0.717, 1.165) is 0 Å². The summed E-state index contributed by atoms with van der Waals surface area (Å²) >= 11 is 0. The summed E-state index contributed by atoms with van der Waals surface area (Å²) < 4.78 is 26.1. The van der Waals surface area contributed by atoms with Gasteiger partial charge in [-0.2, -0.15) is 5.26 Å². The third-order valence-corrected chi connectivity index (χ3v) is 3.94. The molecule has 0 aliphatic carbocycles. The number of nitriles is 1. The lowest BCUT2D eigenvalue weighted by Gasteiger charge is -2.11. The zero-order valence-electron chi connectivity index (χ0n) is 15.5. The minimum absolute atomic E-state index is 0.0395. The monoisotopic (exact) mass is 396 g/mol. The maximum Gasteiger partial charge on any atom is 0.224 e. The second kappa shape index (κ2) is 9.27. The maximum absolute atomic E-state index is 14.0. The number of methoxy groups -OCH3 is 1. The van der Waals surface area contributed by atoms with Gasteiger partial charge in [0.25, 0.3) is 0 Å². The van der Waals surface area contributed by atoms with Crippen LogP contribution in [-0.4, -0.2) is 39.8 Å². The first-order valence-corrected chi connectivity index (χ1v) is 8.64. The van der Waals surface area contributed by atoms with Crippen LogP contribution in [0.15, 0.2) is 42.7 Å². The molecule has 9 nitrogen and oxygen atoms in total. The van der Waals surface area contributed by atoms with Crippen LogP contribution in [-0.2, 0) is 4.79 Å². The van der Waals surface area contributed by atoms with E-state index in [2.05, 4.69) is 20.8 Å². The lowest BCUT2D eigenvalue weighted by Crippen LogP contribution is -2.14. The molecule has 0 saturated carbocycles. The normalized spacial score (nSPS) is 10.2. The van der Waals surface area contributed by atoms with E-state index < -0.39 is 5.82 Å². The van der Waals surface area contributed by atoms with Crippen LogP contribution in [0.4, 0.5) is 10.1 Å². The lowest BCUT2D eigenvalue weighted by molar-refractivity contribution is -0.116. The van der Waals surface area contributed by atoms with E-state index in [9.17, 15) is 9.18 Å². The highest BCUT2D eigenvalue weighted by Crippen LogP contribution is 2.28. The average Bonchev–Trinajstić information content (AvgIpc) is 3.27. The minimum Gasteiger partial charge on any atom is -0.493 e. The molecule has 10 heteroatoms. The van der Waals surface area contributed by atoms with Crippen molar-refractivity contribution >= 4 is 11.6 Å². The summed E-state index contributed by atoms with van der Waals surface area (Å²) in [5, 5.41) is 22.2. The molecule has 0 atom stereocenters. The Labute approximate surface area is 165 Å². The van der Waals surface area contributed by atoms with Gasteiger partial charge in [0, 0.05) is 12.5 Å². The molecule has 1 amide bonds. The number of nitrogens with one attached hydrogen (secondary N) is 1. The third kappa shape index (κ3) is 5.04. The van der Waals surface area contributed by atoms with Gasteiger partial charge in [-0.25, -0.2) is 9.07 Å². The number of hydrogen-bond acceptors (Lipinski definition) is 7. The number of aromatic nitrogens is 4. The summed E-state index contributed by atoms with van der Waals surface area (Å²) in [7, 11) is 1.48. The van der Waals surface area contributed by atoms with Crippen molar-refractivity contribution in [3.8, 4) is 23.3 Å². The Morgan fingerprint density at radius 3 is 2.86 bits per heavy atom. The Bertz CT molecular complexity index is 1030. The highest BCUT2D eigenvalue weighted by Gasteiger charge is 2.10. The van der Waals surface area contributed by atoms with Crippen molar-refractivity contribution in [2.45, 2.75) is 12.8 Å². The zero-order valence-corrected chi connectivity index (χ0v) is 15.5. The van der Waals surface area contributed by atoms with Gasteiger partial charge >= 0.3 is 0 Å². The van der Waals surface area contributed by atoms with E-state index in [1.165, 1.54) is 36.3 Å². The number of anilines is 1. The molecule has 1 aromatic heterocycles. The quantitative estimate of drug-likeness (QED) is 0.582. The summed E-state index contributed by atoms with van der Waals surface area (Å²) in [4.78, 5) is 12.1. The predicted molar refractivity (Wildman–Crippen MR) is 100 cm³/mol. The third-order valence-electron chi connectivity index (χ3n) is 3.94. The number of tetrazole rings is 1. The van der Waals surface area contributed by atoms with Crippen LogP contribution < -0.4 is 14.8 Å². The maximum atomic E-state index is 14.0. The van der Waals surface area contributed by atoms with Gasteiger partial charge in [0.15, 0.2) is 11.5 Å². The smallest absolute Gasteiger partial charge is 0.224 e. The molecule has 0 aliphatic rings. The van der Waals surface area contributed by atoms with Crippen LogP contribution in [0, 0.1) is 17.1 Å². The standard InChI is InChI=1S/C19H17FN6O3/c1-28-18-9-13(11-21)4-7-17(18)29-8-2-3-19(27)23-16-10-14(5-6-15(16)20)26-12-22-24-25-26/h4-7,9-10,12H,2-3,8H2,1H3,(H,23,27). The molecule has 29 heavy (non-hydrogen) atoms. The molecule has 0 unspecified atom stereocenters. The van der Waals surface area contributed by atoms with E-state index in [-0.39, 0.29) is 24.6 Å². The number of halogens is 1. The molecule has 3 rings (SSSR count). The zero-order chi connectivity index (χ0) is 20.6. The molecular weight excluding hydrogens is 379 g/mol. The highest BCUT2D eigenvalue weighted by molar-refractivity contribution is 5.91. The molecule has 1 heterocycles. The van der Waals surface area contributed by atoms with Crippen molar-refractivity contribution in [3.05, 3.63) is 54.1 Å². The molecule has 0 spiro atoms. The van der Waals surface area contributed by atoms with Crippen molar-refractivity contribution in [2.24, 2.45) is 0 Å². The van der Waals surface area contributed by atoms with Crippen LogP contribution in [0.5, 0.6) is 11.5 Å². The molecule has 0 aliphatic heterocycles. The Morgan fingerprint density at radius 1 is 1.28 bits per heavy atom. The first-order valence-electron chi connectivity index (χ1n) is 8.64. The van der Waals surface area contributed by atoms with Gasteiger partial charge in [0.1, 0.15) is 12.1 Å². The van der Waals surface area contributed by atoms with Crippen LogP contribution in [0.3, 0.4) is 0 Å². The summed E-state index contributed by atoms with van der Waals surface area (Å²) in [6.07, 6.45) is 1.91. The molecule has 0 radical (unpaired) electrons. The molecular formula is C19H17FN6O3. The van der Waals surface area contributed by atoms with E-state index in [1.807, 2.05) is 6.07 Å². The Kier molecular flexibility index (Phi) is 6.32. The first-order chi connectivity index (χ1) is 14.1. The fraction of sp³-hybridized carbons (Fsp3) is 0.211. The molecule has 0 saturated heterocycles. The number of nitrogens with zero attached hydrogens (tertiary/aromatic N) is 5. The molecule has 2 aromatic carbocycles. The Hall–Kier alpha value is -4.00. The van der Waals surface area contributed by atoms with E-state index in [4.69, 9.17) is 14.7 Å². The number of amides is 1. The van der Waals surface area contributed by atoms with Gasteiger partial charge < -0.3 is 14.8 Å². The van der Waals surface area contributed by atoms with E-state index in [1.54, 1.807) is 18.2 Å².